The highest BCUT2D eigenvalue weighted by Crippen LogP contribution is 2.31. The molecule has 3 nitrogen and oxygen atoms in total. The molecule has 1 heterocycles. The highest BCUT2D eigenvalue weighted by Gasteiger charge is 2.32. The Morgan fingerprint density at radius 3 is 2.89 bits per heavy atom. The van der Waals surface area contributed by atoms with E-state index in [-0.39, 0.29) is 23.8 Å². The fourth-order valence-electron chi connectivity index (χ4n) is 2.67. The number of halogens is 2. The molecule has 0 bridgehead atoms. The van der Waals surface area contributed by atoms with E-state index in [9.17, 15) is 9.18 Å². The second-order valence-corrected chi connectivity index (χ2v) is 5.71. The van der Waals surface area contributed by atoms with Crippen molar-refractivity contribution in [2.75, 3.05) is 6.54 Å². The maximum Gasteiger partial charge on any atom is 0.223 e. The average molecular weight is 329 g/mol. The first-order chi connectivity index (χ1) is 9.04. The fourth-order valence-corrected chi connectivity index (χ4v) is 2.92. The molecule has 2 rings (SSSR count). The van der Waals surface area contributed by atoms with Crippen LogP contribution >= 0.6 is 15.9 Å². The Morgan fingerprint density at radius 2 is 2.26 bits per heavy atom. The molecule has 2 N–H and O–H groups in total. The Hall–Kier alpha value is -0.940. The molecule has 1 aliphatic rings. The third-order valence-corrected chi connectivity index (χ3v) is 4.26. The zero-order valence-electron chi connectivity index (χ0n) is 10.9. The number of likely N-dealkylation sites (tertiary alicyclic amines) is 1. The highest BCUT2D eigenvalue weighted by atomic mass is 79.9. The first kappa shape index (κ1) is 14.5. The lowest BCUT2D eigenvalue weighted by Gasteiger charge is -2.33. The summed E-state index contributed by atoms with van der Waals surface area (Å²) >= 11 is 3.14. The predicted molar refractivity (Wildman–Crippen MR) is 76.1 cm³/mol. The van der Waals surface area contributed by atoms with E-state index in [1.54, 1.807) is 11.0 Å². The maximum absolute atomic E-state index is 13.7. The SMILES string of the molecule is CCN1C(=O)CCCC(N)C1c1ccc(Br)c(F)c1. The normalized spacial score (nSPS) is 24.4. The third kappa shape index (κ3) is 2.98. The molecule has 1 amide bonds. The van der Waals surface area contributed by atoms with E-state index in [4.69, 9.17) is 5.73 Å². The van der Waals surface area contributed by atoms with Crippen LogP contribution in [0.5, 0.6) is 0 Å². The van der Waals surface area contributed by atoms with Gasteiger partial charge in [0.1, 0.15) is 5.82 Å². The smallest absolute Gasteiger partial charge is 0.223 e. The van der Waals surface area contributed by atoms with E-state index >= 15 is 0 Å². The van der Waals surface area contributed by atoms with E-state index in [0.717, 1.165) is 18.4 Å². The van der Waals surface area contributed by atoms with Gasteiger partial charge in [-0.05, 0) is 53.4 Å². The average Bonchev–Trinajstić information content (AvgIpc) is 2.52. The van der Waals surface area contributed by atoms with Gasteiger partial charge in [-0.2, -0.15) is 0 Å². The lowest BCUT2D eigenvalue weighted by Crippen LogP contribution is -2.42. The summed E-state index contributed by atoms with van der Waals surface area (Å²) in [6.07, 6.45) is 2.10. The van der Waals surface area contributed by atoms with Crippen LogP contribution in [0.1, 0.15) is 37.8 Å². The Morgan fingerprint density at radius 1 is 1.53 bits per heavy atom. The number of amides is 1. The lowest BCUT2D eigenvalue weighted by atomic mass is 9.96. The number of likely N-dealkylation sites (N-methyl/N-ethyl adjacent to an activating group) is 1. The van der Waals surface area contributed by atoms with E-state index in [0.29, 0.717) is 17.4 Å². The van der Waals surface area contributed by atoms with Crippen LogP contribution in [0.3, 0.4) is 0 Å². The van der Waals surface area contributed by atoms with Gasteiger partial charge < -0.3 is 10.6 Å². The van der Waals surface area contributed by atoms with Crippen LogP contribution in [0.25, 0.3) is 0 Å². The molecule has 104 valence electrons. The van der Waals surface area contributed by atoms with Crippen LogP contribution in [-0.2, 0) is 4.79 Å². The van der Waals surface area contributed by atoms with Crippen LogP contribution in [0.15, 0.2) is 22.7 Å². The van der Waals surface area contributed by atoms with Crippen molar-refractivity contribution >= 4 is 21.8 Å². The predicted octanol–water partition coefficient (Wildman–Crippen LogP) is 2.99. The topological polar surface area (TPSA) is 46.3 Å². The Balaban J connectivity index is 2.41. The number of nitrogens with two attached hydrogens (primary N) is 1. The molecule has 0 saturated carbocycles. The number of carbonyl (C=O) groups is 1. The summed E-state index contributed by atoms with van der Waals surface area (Å²) in [5.74, 6) is -0.221. The minimum Gasteiger partial charge on any atom is -0.334 e. The standard InChI is InChI=1S/C14H18BrFN2O/c1-2-18-13(19)5-3-4-12(17)14(18)9-6-7-10(15)11(16)8-9/h6-8,12,14H,2-5,17H2,1H3. The molecular weight excluding hydrogens is 311 g/mol. The first-order valence-corrected chi connectivity index (χ1v) is 7.34. The Labute approximate surface area is 121 Å². The summed E-state index contributed by atoms with van der Waals surface area (Å²) in [5.41, 5.74) is 6.97. The van der Waals surface area contributed by atoms with Gasteiger partial charge in [0.15, 0.2) is 0 Å². The van der Waals surface area contributed by atoms with E-state index < -0.39 is 0 Å². The van der Waals surface area contributed by atoms with Gasteiger partial charge in [-0.1, -0.05) is 6.07 Å². The number of nitrogens with zero attached hydrogens (tertiary/aromatic N) is 1. The van der Waals surface area contributed by atoms with E-state index in [1.807, 2.05) is 13.0 Å². The van der Waals surface area contributed by atoms with Crippen molar-refractivity contribution in [1.82, 2.24) is 4.90 Å². The number of hydrogen-bond donors (Lipinski definition) is 1. The van der Waals surface area contributed by atoms with Crippen LogP contribution in [0.2, 0.25) is 0 Å². The highest BCUT2D eigenvalue weighted by molar-refractivity contribution is 9.10. The summed E-state index contributed by atoms with van der Waals surface area (Å²) < 4.78 is 14.1. The second-order valence-electron chi connectivity index (χ2n) is 4.85. The van der Waals surface area contributed by atoms with Gasteiger partial charge in [-0.25, -0.2) is 4.39 Å². The molecule has 5 heteroatoms. The first-order valence-electron chi connectivity index (χ1n) is 6.54. The number of rotatable bonds is 2. The largest absolute Gasteiger partial charge is 0.334 e. The number of hydrogen-bond acceptors (Lipinski definition) is 2. The van der Waals surface area contributed by atoms with Gasteiger partial charge in [0.25, 0.3) is 0 Å². The summed E-state index contributed by atoms with van der Waals surface area (Å²) in [5, 5.41) is 0. The van der Waals surface area contributed by atoms with Gasteiger partial charge >= 0.3 is 0 Å². The Kier molecular flexibility index (Phi) is 4.58. The van der Waals surface area contributed by atoms with Crippen LogP contribution in [0, 0.1) is 5.82 Å². The van der Waals surface area contributed by atoms with Gasteiger partial charge in [-0.15, -0.1) is 0 Å². The molecule has 2 atom stereocenters. The molecule has 1 aliphatic heterocycles. The monoisotopic (exact) mass is 328 g/mol. The molecule has 1 saturated heterocycles. The molecule has 1 fully saturated rings. The summed E-state index contributed by atoms with van der Waals surface area (Å²) in [6.45, 7) is 2.52. The van der Waals surface area contributed by atoms with E-state index in [2.05, 4.69) is 15.9 Å². The van der Waals surface area contributed by atoms with Crippen LogP contribution < -0.4 is 5.73 Å². The van der Waals surface area contributed by atoms with Gasteiger partial charge in [0.05, 0.1) is 10.5 Å². The van der Waals surface area contributed by atoms with Crippen molar-refractivity contribution in [2.24, 2.45) is 5.73 Å². The van der Waals surface area contributed by atoms with Crippen molar-refractivity contribution in [3.63, 3.8) is 0 Å². The van der Waals surface area contributed by atoms with Crippen molar-refractivity contribution < 1.29 is 9.18 Å². The van der Waals surface area contributed by atoms with Gasteiger partial charge in [0.2, 0.25) is 5.91 Å². The molecule has 2 unspecified atom stereocenters. The maximum atomic E-state index is 13.7. The van der Waals surface area contributed by atoms with Crippen molar-refractivity contribution in [3.05, 3.63) is 34.1 Å². The van der Waals surface area contributed by atoms with Gasteiger partial charge in [-0.3, -0.25) is 4.79 Å². The zero-order valence-corrected chi connectivity index (χ0v) is 12.5. The van der Waals surface area contributed by atoms with Crippen molar-refractivity contribution in [1.29, 1.82) is 0 Å². The molecule has 1 aromatic carbocycles. The fraction of sp³-hybridized carbons (Fsp3) is 0.500. The van der Waals surface area contributed by atoms with Crippen molar-refractivity contribution in [2.45, 2.75) is 38.3 Å². The molecule has 0 spiro atoms. The van der Waals surface area contributed by atoms with Crippen molar-refractivity contribution in [3.8, 4) is 0 Å². The van der Waals surface area contributed by atoms with Gasteiger partial charge in [0, 0.05) is 19.0 Å². The van der Waals surface area contributed by atoms with Crippen LogP contribution in [-0.4, -0.2) is 23.4 Å². The van der Waals surface area contributed by atoms with E-state index in [1.165, 1.54) is 6.07 Å². The molecule has 1 aromatic rings. The number of benzene rings is 1. The minimum absolute atomic E-state index is 0.101. The molecule has 0 aromatic heterocycles. The summed E-state index contributed by atoms with van der Waals surface area (Å²) in [7, 11) is 0. The summed E-state index contributed by atoms with van der Waals surface area (Å²) in [4.78, 5) is 13.9. The molecule has 19 heavy (non-hydrogen) atoms. The number of carbonyl (C=O) groups excluding carboxylic acids is 1. The minimum atomic E-state index is -0.322. The molecule has 0 aliphatic carbocycles. The summed E-state index contributed by atoms with van der Waals surface area (Å²) in [6, 6.07) is 4.59. The van der Waals surface area contributed by atoms with Crippen LogP contribution in [0.4, 0.5) is 4.39 Å². The second kappa shape index (κ2) is 6.01. The molecule has 0 radical (unpaired) electrons. The molecular formula is C14H18BrFN2O. The quantitative estimate of drug-likeness (QED) is 0.907. The third-order valence-electron chi connectivity index (χ3n) is 3.62. The lowest BCUT2D eigenvalue weighted by molar-refractivity contribution is -0.133. The zero-order chi connectivity index (χ0) is 14.0. The Bertz CT molecular complexity index is 481.